The summed E-state index contributed by atoms with van der Waals surface area (Å²) in [6.45, 7) is 2.93. The molecule has 1 atom stereocenters. The van der Waals surface area contributed by atoms with Crippen LogP contribution >= 0.6 is 11.6 Å². The van der Waals surface area contributed by atoms with Crippen LogP contribution in [0.3, 0.4) is 0 Å². The van der Waals surface area contributed by atoms with Gasteiger partial charge in [0.15, 0.2) is 0 Å². The molecule has 2 aromatic rings. The lowest BCUT2D eigenvalue weighted by Crippen LogP contribution is -2.21. The number of furan rings is 1. The first-order valence-electron chi connectivity index (χ1n) is 5.85. The number of nitrogens with one attached hydrogen (secondary N) is 1. The van der Waals surface area contributed by atoms with Crippen LogP contribution in [0.2, 0.25) is 5.02 Å². The number of halogens is 1. The second-order valence-corrected chi connectivity index (χ2v) is 4.35. The fourth-order valence-corrected chi connectivity index (χ4v) is 2.12. The summed E-state index contributed by atoms with van der Waals surface area (Å²) in [5.74, 6) is 0.681. The Morgan fingerprint density at radius 1 is 1.33 bits per heavy atom. The van der Waals surface area contributed by atoms with Crippen LogP contribution in [0.15, 0.2) is 41.2 Å². The fraction of sp³-hybridized carbons (Fsp3) is 0.286. The molecule has 0 saturated carbocycles. The van der Waals surface area contributed by atoms with E-state index < -0.39 is 0 Å². The van der Waals surface area contributed by atoms with E-state index in [9.17, 15) is 0 Å². The lowest BCUT2D eigenvalue weighted by Gasteiger charge is -2.18. The molecule has 4 heteroatoms. The standard InChI is InChI=1S/C14H16ClNO2/c1-3-16-14(11-6-7-18-9-11)10-4-5-12(15)13(8-10)17-2/h4-9,14,16H,3H2,1-2H3. The molecule has 0 saturated heterocycles. The smallest absolute Gasteiger partial charge is 0.137 e. The van der Waals surface area contributed by atoms with Crippen LogP contribution in [-0.2, 0) is 0 Å². The number of methoxy groups -OCH3 is 1. The predicted octanol–water partition coefficient (Wildman–Crippen LogP) is 3.64. The van der Waals surface area contributed by atoms with Crippen molar-refractivity contribution in [2.24, 2.45) is 0 Å². The van der Waals surface area contributed by atoms with Crippen LogP contribution < -0.4 is 10.1 Å². The summed E-state index contributed by atoms with van der Waals surface area (Å²) in [5, 5.41) is 4.03. The summed E-state index contributed by atoms with van der Waals surface area (Å²) in [5.41, 5.74) is 2.18. The van der Waals surface area contributed by atoms with Crippen molar-refractivity contribution in [3.05, 3.63) is 52.9 Å². The minimum Gasteiger partial charge on any atom is -0.495 e. The van der Waals surface area contributed by atoms with Crippen LogP contribution in [0.5, 0.6) is 5.75 Å². The van der Waals surface area contributed by atoms with Crippen molar-refractivity contribution >= 4 is 11.6 Å². The summed E-state index contributed by atoms with van der Waals surface area (Å²) in [4.78, 5) is 0. The van der Waals surface area contributed by atoms with Gasteiger partial charge >= 0.3 is 0 Å². The molecule has 0 aliphatic carbocycles. The Kier molecular flexibility index (Phi) is 4.28. The molecule has 0 amide bonds. The van der Waals surface area contributed by atoms with Crippen molar-refractivity contribution in [1.82, 2.24) is 5.32 Å². The molecular weight excluding hydrogens is 250 g/mol. The maximum Gasteiger partial charge on any atom is 0.137 e. The molecule has 0 fully saturated rings. The Bertz CT molecular complexity index is 497. The first-order valence-corrected chi connectivity index (χ1v) is 6.23. The Morgan fingerprint density at radius 3 is 2.78 bits per heavy atom. The second kappa shape index (κ2) is 5.94. The highest BCUT2D eigenvalue weighted by Crippen LogP contribution is 2.30. The summed E-state index contributed by atoms with van der Waals surface area (Å²) in [6.07, 6.45) is 3.42. The monoisotopic (exact) mass is 265 g/mol. The average Bonchev–Trinajstić information content (AvgIpc) is 2.90. The third-order valence-electron chi connectivity index (χ3n) is 2.79. The van der Waals surface area contributed by atoms with Crippen LogP contribution in [0.4, 0.5) is 0 Å². The summed E-state index contributed by atoms with van der Waals surface area (Å²) in [7, 11) is 1.62. The maximum absolute atomic E-state index is 6.04. The molecule has 0 bridgehead atoms. The van der Waals surface area contributed by atoms with Gasteiger partial charge in [-0.25, -0.2) is 0 Å². The van der Waals surface area contributed by atoms with E-state index in [0.717, 1.165) is 17.7 Å². The van der Waals surface area contributed by atoms with E-state index in [1.807, 2.05) is 24.3 Å². The van der Waals surface area contributed by atoms with Gasteiger partial charge in [-0.15, -0.1) is 0 Å². The van der Waals surface area contributed by atoms with Gasteiger partial charge in [-0.05, 0) is 30.3 Å². The molecule has 1 N–H and O–H groups in total. The van der Waals surface area contributed by atoms with Crippen LogP contribution in [-0.4, -0.2) is 13.7 Å². The molecular formula is C14H16ClNO2. The minimum atomic E-state index is 0.0833. The number of hydrogen-bond donors (Lipinski definition) is 1. The van der Waals surface area contributed by atoms with Gasteiger partial charge in [-0.3, -0.25) is 0 Å². The predicted molar refractivity (Wildman–Crippen MR) is 72.2 cm³/mol. The molecule has 18 heavy (non-hydrogen) atoms. The molecule has 1 aromatic carbocycles. The van der Waals surface area contributed by atoms with Crippen molar-refractivity contribution in [3.63, 3.8) is 0 Å². The number of ether oxygens (including phenoxy) is 1. The van der Waals surface area contributed by atoms with Gasteiger partial charge in [0.05, 0.1) is 30.7 Å². The van der Waals surface area contributed by atoms with Gasteiger partial charge < -0.3 is 14.5 Å². The Balaban J connectivity index is 2.36. The summed E-state index contributed by atoms with van der Waals surface area (Å²) in [6, 6.07) is 7.82. The zero-order valence-corrected chi connectivity index (χ0v) is 11.2. The minimum absolute atomic E-state index is 0.0833. The fourth-order valence-electron chi connectivity index (χ4n) is 1.93. The lowest BCUT2D eigenvalue weighted by atomic mass is 10.0. The van der Waals surface area contributed by atoms with Gasteiger partial charge in [0.1, 0.15) is 5.75 Å². The van der Waals surface area contributed by atoms with Crippen LogP contribution in [0, 0.1) is 0 Å². The van der Waals surface area contributed by atoms with Crippen molar-refractivity contribution in [2.45, 2.75) is 13.0 Å². The van der Waals surface area contributed by atoms with Gasteiger partial charge in [0.25, 0.3) is 0 Å². The molecule has 3 nitrogen and oxygen atoms in total. The van der Waals surface area contributed by atoms with Crippen LogP contribution in [0.1, 0.15) is 24.1 Å². The van der Waals surface area contributed by atoms with E-state index in [1.165, 1.54) is 0 Å². The van der Waals surface area contributed by atoms with E-state index in [1.54, 1.807) is 19.6 Å². The van der Waals surface area contributed by atoms with Crippen molar-refractivity contribution < 1.29 is 9.15 Å². The van der Waals surface area contributed by atoms with Crippen molar-refractivity contribution in [2.75, 3.05) is 13.7 Å². The highest BCUT2D eigenvalue weighted by atomic mass is 35.5. The third kappa shape index (κ3) is 2.68. The highest BCUT2D eigenvalue weighted by Gasteiger charge is 2.15. The second-order valence-electron chi connectivity index (χ2n) is 3.94. The van der Waals surface area contributed by atoms with Gasteiger partial charge in [0.2, 0.25) is 0 Å². The van der Waals surface area contributed by atoms with Crippen LogP contribution in [0.25, 0.3) is 0 Å². The Labute approximate surface area is 112 Å². The maximum atomic E-state index is 6.04. The zero-order chi connectivity index (χ0) is 13.0. The normalized spacial score (nSPS) is 12.4. The van der Waals surface area contributed by atoms with Gasteiger partial charge in [-0.2, -0.15) is 0 Å². The molecule has 2 rings (SSSR count). The SMILES string of the molecule is CCNC(c1ccoc1)c1ccc(Cl)c(OC)c1. The summed E-state index contributed by atoms with van der Waals surface area (Å²) < 4.78 is 10.4. The highest BCUT2D eigenvalue weighted by molar-refractivity contribution is 6.32. The van der Waals surface area contributed by atoms with Gasteiger partial charge in [-0.1, -0.05) is 24.6 Å². The van der Waals surface area contributed by atoms with E-state index in [0.29, 0.717) is 10.8 Å². The van der Waals surface area contributed by atoms with E-state index in [4.69, 9.17) is 20.8 Å². The summed E-state index contributed by atoms with van der Waals surface area (Å²) >= 11 is 6.04. The Morgan fingerprint density at radius 2 is 2.17 bits per heavy atom. The number of rotatable bonds is 5. The lowest BCUT2D eigenvalue weighted by molar-refractivity contribution is 0.414. The number of benzene rings is 1. The molecule has 1 aromatic heterocycles. The average molecular weight is 266 g/mol. The molecule has 0 radical (unpaired) electrons. The van der Waals surface area contributed by atoms with E-state index >= 15 is 0 Å². The molecule has 0 spiro atoms. The molecule has 0 aliphatic rings. The first-order chi connectivity index (χ1) is 8.76. The quantitative estimate of drug-likeness (QED) is 0.896. The zero-order valence-electron chi connectivity index (χ0n) is 10.4. The first kappa shape index (κ1) is 13.0. The molecule has 1 heterocycles. The van der Waals surface area contributed by atoms with E-state index in [2.05, 4.69) is 12.2 Å². The molecule has 0 aliphatic heterocycles. The largest absolute Gasteiger partial charge is 0.495 e. The van der Waals surface area contributed by atoms with Gasteiger partial charge in [0, 0.05) is 5.56 Å². The number of hydrogen-bond acceptors (Lipinski definition) is 3. The van der Waals surface area contributed by atoms with Crippen molar-refractivity contribution in [3.8, 4) is 5.75 Å². The van der Waals surface area contributed by atoms with E-state index in [-0.39, 0.29) is 6.04 Å². The van der Waals surface area contributed by atoms with Crippen molar-refractivity contribution in [1.29, 1.82) is 0 Å². The Hall–Kier alpha value is -1.45. The topological polar surface area (TPSA) is 34.4 Å². The molecule has 96 valence electrons. The third-order valence-corrected chi connectivity index (χ3v) is 3.11. The molecule has 1 unspecified atom stereocenters.